The Morgan fingerprint density at radius 1 is 1.25 bits per heavy atom. The van der Waals surface area contributed by atoms with Crippen molar-refractivity contribution in [2.24, 2.45) is 0 Å². The Kier molecular flexibility index (Phi) is 5.73. The summed E-state index contributed by atoms with van der Waals surface area (Å²) in [6.45, 7) is 2.18. The van der Waals surface area contributed by atoms with Crippen LogP contribution in [0, 0.1) is 0 Å². The van der Waals surface area contributed by atoms with Gasteiger partial charge in [0.1, 0.15) is 0 Å². The van der Waals surface area contributed by atoms with E-state index in [1.54, 1.807) is 20.4 Å². The molecule has 1 unspecified atom stereocenters. The van der Waals surface area contributed by atoms with Crippen molar-refractivity contribution in [1.29, 1.82) is 0 Å². The summed E-state index contributed by atoms with van der Waals surface area (Å²) >= 11 is 0. The van der Waals surface area contributed by atoms with E-state index in [1.165, 1.54) is 5.56 Å². The summed E-state index contributed by atoms with van der Waals surface area (Å²) in [5, 5.41) is 7.57. The summed E-state index contributed by atoms with van der Waals surface area (Å²) < 4.78 is 12.2. The number of nitrogens with zero attached hydrogens (tertiary/aromatic N) is 2. The topological polar surface area (TPSA) is 48.3 Å². The van der Waals surface area contributed by atoms with Gasteiger partial charge in [-0.15, -0.1) is 0 Å². The molecule has 2 rings (SSSR count). The van der Waals surface area contributed by atoms with Gasteiger partial charge in [0.05, 0.1) is 18.4 Å². The molecule has 0 radical (unpaired) electrons. The lowest BCUT2D eigenvalue weighted by atomic mass is 10.2. The average Bonchev–Trinajstić information content (AvgIpc) is 3.01. The van der Waals surface area contributed by atoms with Gasteiger partial charge in [-0.1, -0.05) is 12.1 Å². The van der Waals surface area contributed by atoms with Crippen LogP contribution in [0.3, 0.4) is 0 Å². The van der Waals surface area contributed by atoms with Crippen molar-refractivity contribution in [3.8, 4) is 5.69 Å². The van der Waals surface area contributed by atoms with Crippen LogP contribution < -0.4 is 5.32 Å². The van der Waals surface area contributed by atoms with Crippen molar-refractivity contribution < 1.29 is 9.47 Å². The first-order valence-corrected chi connectivity index (χ1v) is 6.65. The van der Waals surface area contributed by atoms with Crippen LogP contribution in [0.1, 0.15) is 5.56 Å². The van der Waals surface area contributed by atoms with Gasteiger partial charge in [-0.2, -0.15) is 5.10 Å². The third kappa shape index (κ3) is 4.16. The van der Waals surface area contributed by atoms with Crippen LogP contribution in [-0.2, 0) is 16.0 Å². The second-order valence-corrected chi connectivity index (χ2v) is 4.56. The number of hydrogen-bond acceptors (Lipinski definition) is 4. The normalized spacial score (nSPS) is 12.5. The molecular weight excluding hydrogens is 254 g/mol. The van der Waals surface area contributed by atoms with E-state index < -0.39 is 0 Å². The van der Waals surface area contributed by atoms with Gasteiger partial charge >= 0.3 is 0 Å². The van der Waals surface area contributed by atoms with Crippen molar-refractivity contribution in [1.82, 2.24) is 15.1 Å². The summed E-state index contributed by atoms with van der Waals surface area (Å²) in [6.07, 6.45) is 3.79. The SMILES string of the molecule is COCC(CNCc1ccc(-n2cccn2)cc1)OC. The highest BCUT2D eigenvalue weighted by Gasteiger charge is 2.05. The number of benzene rings is 1. The molecule has 0 aliphatic heterocycles. The molecule has 1 heterocycles. The maximum atomic E-state index is 5.30. The molecule has 0 saturated heterocycles. The minimum Gasteiger partial charge on any atom is -0.382 e. The molecule has 5 nitrogen and oxygen atoms in total. The van der Waals surface area contributed by atoms with Gasteiger partial charge in [0.15, 0.2) is 0 Å². The molecule has 0 bridgehead atoms. The van der Waals surface area contributed by atoms with Crippen LogP contribution in [0.15, 0.2) is 42.7 Å². The lowest BCUT2D eigenvalue weighted by Gasteiger charge is -2.15. The monoisotopic (exact) mass is 275 g/mol. The molecule has 0 saturated carbocycles. The van der Waals surface area contributed by atoms with Crippen molar-refractivity contribution in [3.05, 3.63) is 48.3 Å². The quantitative estimate of drug-likeness (QED) is 0.795. The zero-order valence-corrected chi connectivity index (χ0v) is 12.0. The predicted octanol–water partition coefficient (Wildman–Crippen LogP) is 1.62. The number of methoxy groups -OCH3 is 2. The lowest BCUT2D eigenvalue weighted by Crippen LogP contribution is -2.31. The average molecular weight is 275 g/mol. The standard InChI is InChI=1S/C15H21N3O2/c1-19-12-15(20-2)11-16-10-13-4-6-14(7-5-13)18-9-3-8-17-18/h3-9,15-16H,10-12H2,1-2H3. The minimum atomic E-state index is 0.0864. The number of ether oxygens (including phenoxy) is 2. The molecule has 1 N–H and O–H groups in total. The molecule has 5 heteroatoms. The van der Waals surface area contributed by atoms with Gasteiger partial charge < -0.3 is 14.8 Å². The first-order chi connectivity index (χ1) is 9.83. The second-order valence-electron chi connectivity index (χ2n) is 4.56. The van der Waals surface area contributed by atoms with E-state index in [0.29, 0.717) is 6.61 Å². The Balaban J connectivity index is 1.82. The maximum absolute atomic E-state index is 5.30. The molecule has 1 aromatic carbocycles. The number of hydrogen-bond donors (Lipinski definition) is 1. The molecule has 0 amide bonds. The highest BCUT2D eigenvalue weighted by molar-refractivity contribution is 5.33. The Labute approximate surface area is 119 Å². The number of nitrogens with one attached hydrogen (secondary N) is 1. The zero-order valence-electron chi connectivity index (χ0n) is 12.0. The Bertz CT molecular complexity index is 482. The lowest BCUT2D eigenvalue weighted by molar-refractivity contribution is 0.0288. The second kappa shape index (κ2) is 7.79. The van der Waals surface area contributed by atoms with Crippen molar-refractivity contribution in [2.45, 2.75) is 12.6 Å². The summed E-state index contributed by atoms with van der Waals surface area (Å²) in [7, 11) is 3.38. The molecule has 0 aliphatic carbocycles. The smallest absolute Gasteiger partial charge is 0.0928 e. The van der Waals surface area contributed by atoms with Gasteiger partial charge in [-0.3, -0.25) is 0 Å². The van der Waals surface area contributed by atoms with Gasteiger partial charge in [-0.25, -0.2) is 4.68 Å². The van der Waals surface area contributed by atoms with Crippen LogP contribution in [-0.4, -0.2) is 43.3 Å². The third-order valence-electron chi connectivity index (χ3n) is 3.09. The van der Waals surface area contributed by atoms with Crippen LogP contribution in [0.5, 0.6) is 0 Å². The number of rotatable bonds is 8. The molecule has 1 atom stereocenters. The molecule has 108 valence electrons. The summed E-state index contributed by atoms with van der Waals surface area (Å²) in [4.78, 5) is 0. The van der Waals surface area contributed by atoms with E-state index in [0.717, 1.165) is 18.8 Å². The van der Waals surface area contributed by atoms with E-state index in [9.17, 15) is 0 Å². The van der Waals surface area contributed by atoms with Gasteiger partial charge in [-0.05, 0) is 23.8 Å². The van der Waals surface area contributed by atoms with Crippen molar-refractivity contribution >= 4 is 0 Å². The van der Waals surface area contributed by atoms with Gasteiger partial charge in [0, 0.05) is 39.7 Å². The number of aromatic nitrogens is 2. The van der Waals surface area contributed by atoms with E-state index in [2.05, 4.69) is 34.7 Å². The first kappa shape index (κ1) is 14.7. The zero-order chi connectivity index (χ0) is 14.2. The fraction of sp³-hybridized carbons (Fsp3) is 0.400. The Hall–Kier alpha value is -1.69. The molecular formula is C15H21N3O2. The molecule has 0 aliphatic rings. The van der Waals surface area contributed by atoms with E-state index >= 15 is 0 Å². The third-order valence-corrected chi connectivity index (χ3v) is 3.09. The highest BCUT2D eigenvalue weighted by atomic mass is 16.5. The Morgan fingerprint density at radius 2 is 2.05 bits per heavy atom. The predicted molar refractivity (Wildman–Crippen MR) is 77.9 cm³/mol. The van der Waals surface area contributed by atoms with Gasteiger partial charge in [0.25, 0.3) is 0 Å². The summed E-state index contributed by atoms with van der Waals surface area (Å²) in [6, 6.07) is 10.2. The first-order valence-electron chi connectivity index (χ1n) is 6.65. The van der Waals surface area contributed by atoms with Crippen molar-refractivity contribution in [3.63, 3.8) is 0 Å². The molecule has 1 aromatic heterocycles. The minimum absolute atomic E-state index is 0.0864. The van der Waals surface area contributed by atoms with Crippen LogP contribution in [0.25, 0.3) is 5.69 Å². The van der Waals surface area contributed by atoms with Crippen LogP contribution in [0.4, 0.5) is 0 Å². The van der Waals surface area contributed by atoms with Crippen LogP contribution >= 0.6 is 0 Å². The fourth-order valence-electron chi connectivity index (χ4n) is 1.96. The van der Waals surface area contributed by atoms with Gasteiger partial charge in [0.2, 0.25) is 0 Å². The molecule has 20 heavy (non-hydrogen) atoms. The highest BCUT2D eigenvalue weighted by Crippen LogP contribution is 2.08. The van der Waals surface area contributed by atoms with Crippen LogP contribution in [0.2, 0.25) is 0 Å². The molecule has 2 aromatic rings. The molecule has 0 fully saturated rings. The molecule has 0 spiro atoms. The summed E-state index contributed by atoms with van der Waals surface area (Å²) in [5.74, 6) is 0. The fourth-order valence-corrected chi connectivity index (χ4v) is 1.96. The largest absolute Gasteiger partial charge is 0.382 e. The van der Waals surface area contributed by atoms with E-state index in [-0.39, 0.29) is 6.10 Å². The van der Waals surface area contributed by atoms with E-state index in [4.69, 9.17) is 9.47 Å². The Morgan fingerprint density at radius 3 is 2.65 bits per heavy atom. The van der Waals surface area contributed by atoms with E-state index in [1.807, 2.05) is 16.9 Å². The maximum Gasteiger partial charge on any atom is 0.0928 e. The van der Waals surface area contributed by atoms with Crippen molar-refractivity contribution in [2.75, 3.05) is 27.4 Å². The summed E-state index contributed by atoms with van der Waals surface area (Å²) in [5.41, 5.74) is 2.29.